The van der Waals surface area contributed by atoms with E-state index in [4.69, 9.17) is 4.74 Å². The highest BCUT2D eigenvalue weighted by Crippen LogP contribution is 1.98. The van der Waals surface area contributed by atoms with Gasteiger partial charge >= 0.3 is 0 Å². The maximum Gasteiger partial charge on any atom is 0.0912 e. The fourth-order valence-electron chi connectivity index (χ4n) is 1.25. The summed E-state index contributed by atoms with van der Waals surface area (Å²) in [6, 6.07) is 0. The predicted molar refractivity (Wildman–Crippen MR) is 56.4 cm³/mol. The van der Waals surface area contributed by atoms with Crippen LogP contribution in [0.25, 0.3) is 0 Å². The molecular formula is C10H18FN3O. The lowest BCUT2D eigenvalue weighted by atomic mass is 10.3. The normalized spacial score (nSPS) is 10.8. The molecule has 1 heterocycles. The fraction of sp³-hybridized carbons (Fsp3) is 0.700. The first-order valence-corrected chi connectivity index (χ1v) is 5.13. The van der Waals surface area contributed by atoms with Crippen LogP contribution in [0.1, 0.15) is 12.0 Å². The highest BCUT2D eigenvalue weighted by atomic mass is 19.1. The van der Waals surface area contributed by atoms with Gasteiger partial charge in [0.15, 0.2) is 0 Å². The van der Waals surface area contributed by atoms with E-state index in [2.05, 4.69) is 10.4 Å². The number of aryl methyl sites for hydroxylation is 1. The SMILES string of the molecule is COCCNCc1cnn(CCCF)c1. The number of aromatic nitrogens is 2. The zero-order chi connectivity index (χ0) is 10.9. The van der Waals surface area contributed by atoms with Crippen molar-refractivity contribution in [3.8, 4) is 0 Å². The van der Waals surface area contributed by atoms with Gasteiger partial charge in [0.05, 0.1) is 19.5 Å². The largest absolute Gasteiger partial charge is 0.383 e. The summed E-state index contributed by atoms with van der Waals surface area (Å²) in [5.41, 5.74) is 1.12. The van der Waals surface area contributed by atoms with Crippen molar-refractivity contribution in [1.82, 2.24) is 15.1 Å². The van der Waals surface area contributed by atoms with Gasteiger partial charge in [-0.25, -0.2) is 0 Å². The van der Waals surface area contributed by atoms with E-state index in [0.717, 1.165) is 18.7 Å². The van der Waals surface area contributed by atoms with Gasteiger partial charge in [-0.1, -0.05) is 0 Å². The van der Waals surface area contributed by atoms with Crippen LogP contribution < -0.4 is 5.32 Å². The maximum absolute atomic E-state index is 11.9. The van der Waals surface area contributed by atoms with Gasteiger partial charge in [0.25, 0.3) is 0 Å². The minimum absolute atomic E-state index is 0.290. The Kier molecular flexibility index (Phi) is 5.96. The van der Waals surface area contributed by atoms with Crippen LogP contribution in [0.4, 0.5) is 4.39 Å². The lowest BCUT2D eigenvalue weighted by Gasteiger charge is -2.01. The second-order valence-corrected chi connectivity index (χ2v) is 3.32. The average Bonchev–Trinajstić information content (AvgIpc) is 2.69. The molecule has 15 heavy (non-hydrogen) atoms. The number of hydrogen-bond acceptors (Lipinski definition) is 3. The summed E-state index contributed by atoms with van der Waals surface area (Å²) >= 11 is 0. The van der Waals surface area contributed by atoms with Gasteiger partial charge in [-0.15, -0.1) is 0 Å². The molecule has 0 amide bonds. The van der Waals surface area contributed by atoms with Crippen LogP contribution in [0.3, 0.4) is 0 Å². The summed E-state index contributed by atoms with van der Waals surface area (Å²) in [5.74, 6) is 0. The number of rotatable bonds is 8. The molecule has 4 nitrogen and oxygen atoms in total. The van der Waals surface area contributed by atoms with Crippen molar-refractivity contribution in [1.29, 1.82) is 0 Å². The standard InChI is InChI=1S/C10H18FN3O/c1-15-6-4-12-7-10-8-13-14(9-10)5-2-3-11/h8-9,12H,2-7H2,1H3. The third-order valence-electron chi connectivity index (χ3n) is 2.02. The van der Waals surface area contributed by atoms with Crippen molar-refractivity contribution in [2.75, 3.05) is 26.9 Å². The number of ether oxygens (including phenoxy) is 1. The van der Waals surface area contributed by atoms with Gasteiger partial charge < -0.3 is 10.1 Å². The molecule has 1 rings (SSSR count). The van der Waals surface area contributed by atoms with Gasteiger partial charge in [0.1, 0.15) is 0 Å². The van der Waals surface area contributed by atoms with Crippen LogP contribution in [0.5, 0.6) is 0 Å². The van der Waals surface area contributed by atoms with Crippen molar-refractivity contribution in [2.24, 2.45) is 0 Å². The zero-order valence-corrected chi connectivity index (χ0v) is 9.08. The number of hydrogen-bond donors (Lipinski definition) is 1. The Morgan fingerprint density at radius 1 is 1.60 bits per heavy atom. The molecule has 0 aliphatic carbocycles. The first-order valence-electron chi connectivity index (χ1n) is 5.13. The maximum atomic E-state index is 11.9. The quantitative estimate of drug-likeness (QED) is 0.657. The Hall–Kier alpha value is -0.940. The molecule has 0 aromatic carbocycles. The Morgan fingerprint density at radius 3 is 3.20 bits per heavy atom. The highest BCUT2D eigenvalue weighted by Gasteiger charge is 1.97. The third kappa shape index (κ3) is 4.90. The minimum atomic E-state index is -0.290. The van der Waals surface area contributed by atoms with Gasteiger partial charge in [-0.2, -0.15) is 5.10 Å². The highest BCUT2D eigenvalue weighted by molar-refractivity contribution is 5.03. The lowest BCUT2D eigenvalue weighted by Crippen LogP contribution is -2.18. The molecule has 1 N–H and O–H groups in total. The summed E-state index contributed by atoms with van der Waals surface area (Å²) in [4.78, 5) is 0. The zero-order valence-electron chi connectivity index (χ0n) is 9.08. The topological polar surface area (TPSA) is 39.1 Å². The summed E-state index contributed by atoms with van der Waals surface area (Å²) < 4.78 is 18.6. The number of methoxy groups -OCH3 is 1. The summed E-state index contributed by atoms with van der Waals surface area (Å²) in [7, 11) is 1.68. The molecule has 0 bridgehead atoms. The molecule has 0 unspecified atom stereocenters. The van der Waals surface area contributed by atoms with Gasteiger partial charge in [0.2, 0.25) is 0 Å². The van der Waals surface area contributed by atoms with Crippen molar-refractivity contribution in [2.45, 2.75) is 19.5 Å². The molecule has 0 aliphatic heterocycles. The van der Waals surface area contributed by atoms with Crippen LogP contribution in [-0.2, 0) is 17.8 Å². The molecule has 0 radical (unpaired) electrons. The average molecular weight is 215 g/mol. The van der Waals surface area contributed by atoms with Crippen LogP contribution in [-0.4, -0.2) is 36.7 Å². The molecule has 5 heteroatoms. The number of alkyl halides is 1. The molecule has 0 atom stereocenters. The number of halogens is 1. The summed E-state index contributed by atoms with van der Waals surface area (Å²) in [6.45, 7) is 2.66. The second kappa shape index (κ2) is 7.36. The van der Waals surface area contributed by atoms with Crippen LogP contribution >= 0.6 is 0 Å². The fourth-order valence-corrected chi connectivity index (χ4v) is 1.25. The Labute approximate surface area is 89.4 Å². The molecule has 0 saturated heterocycles. The molecule has 1 aromatic rings. The van der Waals surface area contributed by atoms with Gasteiger partial charge in [0, 0.05) is 38.5 Å². The molecular weight excluding hydrogens is 197 g/mol. The monoisotopic (exact) mass is 215 g/mol. The molecule has 0 aliphatic rings. The molecule has 86 valence electrons. The third-order valence-corrected chi connectivity index (χ3v) is 2.02. The van der Waals surface area contributed by atoms with E-state index in [9.17, 15) is 4.39 Å². The Balaban J connectivity index is 2.20. The lowest BCUT2D eigenvalue weighted by molar-refractivity contribution is 0.199. The van der Waals surface area contributed by atoms with Gasteiger partial charge in [-0.3, -0.25) is 9.07 Å². The number of nitrogens with one attached hydrogen (secondary N) is 1. The van der Waals surface area contributed by atoms with Crippen molar-refractivity contribution in [3.63, 3.8) is 0 Å². The molecule has 0 saturated carbocycles. The molecule has 0 fully saturated rings. The van der Waals surface area contributed by atoms with Crippen LogP contribution in [0.2, 0.25) is 0 Å². The first kappa shape index (κ1) is 12.1. The van der Waals surface area contributed by atoms with Gasteiger partial charge in [-0.05, 0) is 6.42 Å². The minimum Gasteiger partial charge on any atom is -0.383 e. The van der Waals surface area contributed by atoms with Crippen molar-refractivity contribution >= 4 is 0 Å². The van der Waals surface area contributed by atoms with Crippen LogP contribution in [0.15, 0.2) is 12.4 Å². The van der Waals surface area contributed by atoms with Crippen LogP contribution in [0, 0.1) is 0 Å². The first-order chi connectivity index (χ1) is 7.36. The van der Waals surface area contributed by atoms with Crippen molar-refractivity contribution in [3.05, 3.63) is 18.0 Å². The Morgan fingerprint density at radius 2 is 2.47 bits per heavy atom. The van der Waals surface area contributed by atoms with E-state index in [-0.39, 0.29) is 6.67 Å². The summed E-state index contributed by atoms with van der Waals surface area (Å²) in [6.07, 6.45) is 4.27. The molecule has 1 aromatic heterocycles. The predicted octanol–water partition coefficient (Wildman–Crippen LogP) is 0.979. The van der Waals surface area contributed by atoms with E-state index in [1.54, 1.807) is 18.0 Å². The van der Waals surface area contributed by atoms with E-state index in [1.807, 2.05) is 6.20 Å². The smallest absolute Gasteiger partial charge is 0.0912 e. The van der Waals surface area contributed by atoms with Crippen molar-refractivity contribution < 1.29 is 9.13 Å². The van der Waals surface area contributed by atoms with E-state index >= 15 is 0 Å². The second-order valence-electron chi connectivity index (χ2n) is 3.32. The van der Waals surface area contributed by atoms with E-state index < -0.39 is 0 Å². The molecule has 0 spiro atoms. The number of nitrogens with zero attached hydrogens (tertiary/aromatic N) is 2. The van der Waals surface area contributed by atoms with E-state index in [1.165, 1.54) is 0 Å². The Bertz CT molecular complexity index is 265. The van der Waals surface area contributed by atoms with E-state index in [0.29, 0.717) is 19.6 Å². The summed E-state index contributed by atoms with van der Waals surface area (Å²) in [5, 5.41) is 7.35.